The fourth-order valence-electron chi connectivity index (χ4n) is 7.21. The van der Waals surface area contributed by atoms with E-state index in [-0.39, 0.29) is 29.2 Å². The molecule has 1 heterocycles. The number of aliphatic carboxylic acids is 1. The van der Waals surface area contributed by atoms with Crippen LogP contribution in [0.25, 0.3) is 0 Å². The van der Waals surface area contributed by atoms with E-state index in [1.165, 1.54) is 24.3 Å². The second kappa shape index (κ2) is 15.9. The van der Waals surface area contributed by atoms with Crippen LogP contribution in [0.5, 0.6) is 0 Å². The molecule has 1 unspecified atom stereocenters. The third-order valence-corrected chi connectivity index (χ3v) is 11.6. The summed E-state index contributed by atoms with van der Waals surface area (Å²) < 4.78 is 74.2. The van der Waals surface area contributed by atoms with Gasteiger partial charge in [-0.15, -0.1) is 0 Å². The zero-order valence-corrected chi connectivity index (χ0v) is 32.8. The highest BCUT2D eigenvalue weighted by Gasteiger charge is 2.50. The first-order chi connectivity index (χ1) is 24.8. The molecule has 0 spiro atoms. The van der Waals surface area contributed by atoms with Crippen LogP contribution in [-0.2, 0) is 46.4 Å². The Morgan fingerprint density at radius 2 is 1.57 bits per heavy atom. The fourth-order valence-corrected chi connectivity index (χ4v) is 8.24. The van der Waals surface area contributed by atoms with Crippen LogP contribution in [0.2, 0.25) is 0 Å². The Morgan fingerprint density at radius 3 is 2.11 bits per heavy atom. The number of carboxylic acid groups (broad SMARTS) is 1. The zero-order valence-electron chi connectivity index (χ0n) is 31.2. The minimum Gasteiger partial charge on any atom is -0.480 e. The number of fused-ring (bicyclic) bond motifs is 1. The molecule has 0 fully saturated rings. The maximum atomic E-state index is 13.4. The van der Waals surface area contributed by atoms with Gasteiger partial charge in [0.2, 0.25) is 5.69 Å². The van der Waals surface area contributed by atoms with E-state index < -0.39 is 43.0 Å². The number of benzene rings is 2. The number of allylic oxidation sites excluding steroid dienone is 8. The average molecular weight is 770 g/mol. The van der Waals surface area contributed by atoms with Crippen molar-refractivity contribution in [3.8, 4) is 0 Å². The Kier molecular flexibility index (Phi) is 12.4. The summed E-state index contributed by atoms with van der Waals surface area (Å²) in [5.41, 5.74) is 3.20. The van der Waals surface area contributed by atoms with Gasteiger partial charge in [0.1, 0.15) is 6.54 Å². The van der Waals surface area contributed by atoms with Crippen molar-refractivity contribution in [1.29, 1.82) is 0 Å². The molecule has 2 aromatic carbocycles. The minimum absolute atomic E-state index is 0.00462. The van der Waals surface area contributed by atoms with Crippen molar-refractivity contribution in [2.45, 2.75) is 89.4 Å². The molecule has 14 heteroatoms. The molecule has 2 aromatic rings. The number of aryl methyl sites for hydroxylation is 1. The van der Waals surface area contributed by atoms with Crippen molar-refractivity contribution in [1.82, 2.24) is 0 Å². The first-order valence-electron chi connectivity index (χ1n) is 17.6. The Morgan fingerprint density at radius 1 is 0.925 bits per heavy atom. The lowest BCUT2D eigenvalue weighted by atomic mass is 9.71. The molecule has 4 rings (SSSR count). The second-order valence-corrected chi connectivity index (χ2v) is 16.4. The normalized spacial score (nSPS) is 19.8. The summed E-state index contributed by atoms with van der Waals surface area (Å²) in [6.07, 6.45) is 9.99. The van der Waals surface area contributed by atoms with E-state index in [1.807, 2.05) is 69.2 Å². The number of carboxylic acids is 1. The number of ether oxygens (including phenoxy) is 1. The summed E-state index contributed by atoms with van der Waals surface area (Å²) in [5, 5.41) is 10.6. The highest BCUT2D eigenvalue weighted by molar-refractivity contribution is 7.86. The molecule has 53 heavy (non-hydrogen) atoms. The maximum Gasteiger partial charge on any atom is 0.324 e. The lowest BCUT2D eigenvalue weighted by Gasteiger charge is -2.32. The van der Waals surface area contributed by atoms with E-state index in [0.717, 1.165) is 28.3 Å². The molecule has 0 amide bonds. The van der Waals surface area contributed by atoms with Gasteiger partial charge < -0.3 is 14.7 Å². The Bertz CT molecular complexity index is 2180. The molecule has 2 aliphatic rings. The third kappa shape index (κ3) is 8.40. The minimum atomic E-state index is -4.43. The number of hydrogen-bond acceptors (Lipinski definition) is 8. The van der Waals surface area contributed by atoms with E-state index in [1.54, 1.807) is 31.2 Å². The number of rotatable bonds is 14. The van der Waals surface area contributed by atoms with Crippen LogP contribution < -0.4 is 4.90 Å². The predicted molar refractivity (Wildman–Crippen MR) is 203 cm³/mol. The van der Waals surface area contributed by atoms with Gasteiger partial charge in [-0.3, -0.25) is 18.7 Å². The molecule has 0 aromatic heterocycles. The van der Waals surface area contributed by atoms with Gasteiger partial charge in [-0.05, 0) is 113 Å². The van der Waals surface area contributed by atoms with E-state index in [2.05, 4.69) is 0 Å². The summed E-state index contributed by atoms with van der Waals surface area (Å²) in [7, 11) is -8.82. The van der Waals surface area contributed by atoms with E-state index in [0.29, 0.717) is 42.6 Å². The monoisotopic (exact) mass is 769 g/mol. The quantitative estimate of drug-likeness (QED) is 0.0797. The van der Waals surface area contributed by atoms with E-state index in [9.17, 15) is 40.6 Å². The molecule has 286 valence electrons. The molecule has 12 nitrogen and oxygen atoms in total. The van der Waals surface area contributed by atoms with Crippen LogP contribution in [0.15, 0.2) is 93.4 Å². The van der Waals surface area contributed by atoms with Gasteiger partial charge in [-0.25, -0.2) is 0 Å². The lowest BCUT2D eigenvalue weighted by molar-refractivity contribution is -0.433. The van der Waals surface area contributed by atoms with Crippen molar-refractivity contribution < 1.29 is 49.9 Å². The number of carbonyl (C=O) groups excluding carboxylic acids is 1. The summed E-state index contributed by atoms with van der Waals surface area (Å²) in [4.78, 5) is 28.0. The van der Waals surface area contributed by atoms with Gasteiger partial charge in [0.25, 0.3) is 20.2 Å². The molecular formula is C39H49N2O10S2+. The van der Waals surface area contributed by atoms with Crippen molar-refractivity contribution in [2.75, 3.05) is 24.6 Å². The van der Waals surface area contributed by atoms with Crippen LogP contribution >= 0.6 is 0 Å². The average Bonchev–Trinajstić information content (AvgIpc) is 3.32. The molecule has 0 saturated heterocycles. The molecule has 1 atom stereocenters. The Balaban J connectivity index is 1.84. The fraction of sp³-hybridized carbons (Fsp3) is 0.410. The molecule has 3 N–H and O–H groups in total. The van der Waals surface area contributed by atoms with Crippen molar-refractivity contribution in [3.05, 3.63) is 94.7 Å². The number of anilines is 1. The summed E-state index contributed by atoms with van der Waals surface area (Å²) in [6.45, 7) is 14.3. The van der Waals surface area contributed by atoms with Gasteiger partial charge in [0, 0.05) is 35.6 Å². The van der Waals surface area contributed by atoms with Crippen molar-refractivity contribution in [3.63, 3.8) is 0 Å². The van der Waals surface area contributed by atoms with Crippen molar-refractivity contribution >= 4 is 49.3 Å². The summed E-state index contributed by atoms with van der Waals surface area (Å²) in [6, 6.07) is 8.95. The van der Waals surface area contributed by atoms with Gasteiger partial charge in [-0.1, -0.05) is 32.1 Å². The van der Waals surface area contributed by atoms with Crippen LogP contribution in [0, 0.1) is 5.41 Å². The second-order valence-electron chi connectivity index (χ2n) is 13.5. The van der Waals surface area contributed by atoms with Crippen LogP contribution in [0.4, 0.5) is 11.4 Å². The Labute approximate surface area is 312 Å². The lowest BCUT2D eigenvalue weighted by Crippen LogP contribution is -2.42. The molecular weight excluding hydrogens is 721 g/mol. The highest BCUT2D eigenvalue weighted by Crippen LogP contribution is 2.44. The molecule has 1 aliphatic heterocycles. The number of hydrogen-bond donors (Lipinski definition) is 3. The Hall–Kier alpha value is -4.37. The molecule has 0 bridgehead atoms. The number of carbonyl (C=O) groups is 2. The number of nitrogens with zero attached hydrogens (tertiary/aromatic N) is 2. The standard InChI is InChI=1S/C39H48N2O10S2/c1-8-28-22-30(52(45,46)47)16-18-33(28)40(10-3)29(9-2)15-13-26-21-27(25-39(24-26,36(42)43)37(44)51-12-5)14-20-35-38(6,7)32-23-31(53(48,49)50)17-19-34(32)41(35)11-4/h13-23H,8-12,24-25H2,1-7H3,(H2-,42,43,45,46,47,48,49,50)/p+1. The van der Waals surface area contributed by atoms with Gasteiger partial charge in [0.15, 0.2) is 11.1 Å². The first kappa shape index (κ1) is 41.4. The molecule has 1 aliphatic carbocycles. The highest BCUT2D eigenvalue weighted by atomic mass is 32.2. The van der Waals surface area contributed by atoms with Crippen LogP contribution in [-0.4, -0.2) is 73.0 Å². The first-order valence-corrected chi connectivity index (χ1v) is 20.5. The van der Waals surface area contributed by atoms with E-state index in [4.69, 9.17) is 4.74 Å². The largest absolute Gasteiger partial charge is 0.480 e. The SMILES string of the molecule is CCOC(=O)C1(C(=O)O)CC(/C=C/C2=[N+](CC)c3ccc(S(=O)(=O)O)cc3C2(C)C)=CC(=C/C=C(\CC)N(CC)c2ccc(S(=O)(=O)O)cc2CC)/C1. The zero-order chi connectivity index (χ0) is 39.5. The molecule has 0 saturated carbocycles. The molecule has 0 radical (unpaired) electrons. The number of esters is 1. The predicted octanol–water partition coefficient (Wildman–Crippen LogP) is 6.80. The van der Waals surface area contributed by atoms with Crippen molar-refractivity contribution in [2.24, 2.45) is 5.41 Å². The third-order valence-electron chi connectivity index (χ3n) is 9.93. The smallest absolute Gasteiger partial charge is 0.324 e. The van der Waals surface area contributed by atoms with Crippen LogP contribution in [0.3, 0.4) is 0 Å². The summed E-state index contributed by atoms with van der Waals surface area (Å²) >= 11 is 0. The summed E-state index contributed by atoms with van der Waals surface area (Å²) in [5.74, 6) is -2.15. The van der Waals surface area contributed by atoms with Gasteiger partial charge >= 0.3 is 11.9 Å². The van der Waals surface area contributed by atoms with E-state index >= 15 is 0 Å². The topological polar surface area (TPSA) is 179 Å². The maximum absolute atomic E-state index is 13.4. The van der Waals surface area contributed by atoms with Gasteiger partial charge in [-0.2, -0.15) is 21.4 Å². The van der Waals surface area contributed by atoms with Gasteiger partial charge in [0.05, 0.1) is 21.8 Å². The van der Waals surface area contributed by atoms with Crippen LogP contribution in [0.1, 0.15) is 78.9 Å².